The topological polar surface area (TPSA) is 69.6 Å². The Balaban J connectivity index is 1.76. The predicted molar refractivity (Wildman–Crippen MR) is 72.9 cm³/mol. The van der Waals surface area contributed by atoms with Gasteiger partial charge in [0.1, 0.15) is 6.04 Å². The first-order valence-electron chi connectivity index (χ1n) is 7.08. The highest BCUT2D eigenvalue weighted by molar-refractivity contribution is 8.00. The summed E-state index contributed by atoms with van der Waals surface area (Å²) in [7, 11) is 0. The Morgan fingerprint density at radius 2 is 2.00 bits per heavy atom. The number of aliphatic carboxylic acids is 1. The van der Waals surface area contributed by atoms with Crippen molar-refractivity contribution in [3.63, 3.8) is 0 Å². The Morgan fingerprint density at radius 1 is 1.21 bits per heavy atom. The fourth-order valence-corrected chi connectivity index (χ4v) is 4.62. The van der Waals surface area contributed by atoms with Crippen LogP contribution in [-0.4, -0.2) is 51.6 Å². The molecule has 0 spiro atoms. The van der Waals surface area contributed by atoms with E-state index < -0.39 is 12.0 Å². The normalized spacial score (nSPS) is 35.4. The van der Waals surface area contributed by atoms with Gasteiger partial charge in [0.2, 0.25) is 5.91 Å². The first-order chi connectivity index (χ1) is 9.18. The van der Waals surface area contributed by atoms with E-state index >= 15 is 0 Å². The Hall–Kier alpha value is -0.750. The number of amides is 1. The summed E-state index contributed by atoms with van der Waals surface area (Å²) < 4.78 is 0. The van der Waals surface area contributed by atoms with Gasteiger partial charge in [0.15, 0.2) is 0 Å². The Kier molecular flexibility index (Phi) is 3.71. The molecule has 1 amide bonds. The summed E-state index contributed by atoms with van der Waals surface area (Å²) in [4.78, 5) is 25.7. The SMILES string of the molecule is O=C(O)C1CSC(C2CC2)N1C(=O)[C@@H]1CCCCN1. The zero-order valence-electron chi connectivity index (χ0n) is 10.9. The third-order valence-electron chi connectivity index (χ3n) is 4.21. The van der Waals surface area contributed by atoms with Crippen molar-refractivity contribution in [3.8, 4) is 0 Å². The maximum atomic E-state index is 12.6. The number of thioether (sulfide) groups is 1. The molecule has 3 atom stereocenters. The summed E-state index contributed by atoms with van der Waals surface area (Å²) in [6, 6.07) is -0.803. The molecular weight excluding hydrogens is 264 g/mol. The number of carboxylic acids is 1. The molecule has 1 aliphatic carbocycles. The Labute approximate surface area is 117 Å². The van der Waals surface area contributed by atoms with Crippen LogP contribution >= 0.6 is 11.8 Å². The average Bonchev–Trinajstić information content (AvgIpc) is 3.17. The molecule has 19 heavy (non-hydrogen) atoms. The molecule has 0 aromatic heterocycles. The molecule has 0 radical (unpaired) electrons. The van der Waals surface area contributed by atoms with Gasteiger partial charge in [-0.15, -0.1) is 11.8 Å². The number of nitrogens with zero attached hydrogens (tertiary/aromatic N) is 1. The minimum Gasteiger partial charge on any atom is -0.480 e. The first-order valence-corrected chi connectivity index (χ1v) is 8.13. The summed E-state index contributed by atoms with van der Waals surface area (Å²) in [5.74, 6) is 0.199. The maximum Gasteiger partial charge on any atom is 0.327 e. The van der Waals surface area contributed by atoms with E-state index in [0.29, 0.717) is 11.7 Å². The van der Waals surface area contributed by atoms with Crippen LogP contribution in [0.5, 0.6) is 0 Å². The molecule has 3 rings (SSSR count). The van der Waals surface area contributed by atoms with Gasteiger partial charge in [0.05, 0.1) is 11.4 Å². The van der Waals surface area contributed by atoms with E-state index in [2.05, 4.69) is 5.32 Å². The molecule has 2 N–H and O–H groups in total. The van der Waals surface area contributed by atoms with Crippen LogP contribution in [-0.2, 0) is 9.59 Å². The minimum atomic E-state index is -0.861. The van der Waals surface area contributed by atoms with Gasteiger partial charge in [0.25, 0.3) is 0 Å². The van der Waals surface area contributed by atoms with Crippen molar-refractivity contribution >= 4 is 23.6 Å². The number of nitrogens with one attached hydrogen (secondary N) is 1. The zero-order chi connectivity index (χ0) is 13.4. The number of rotatable bonds is 3. The van der Waals surface area contributed by atoms with Crippen molar-refractivity contribution < 1.29 is 14.7 Å². The third kappa shape index (κ3) is 2.60. The fraction of sp³-hybridized carbons (Fsp3) is 0.846. The number of hydrogen-bond acceptors (Lipinski definition) is 4. The highest BCUT2D eigenvalue weighted by Gasteiger charge is 2.49. The minimum absolute atomic E-state index is 0.00833. The van der Waals surface area contributed by atoms with E-state index in [1.54, 1.807) is 16.7 Å². The Bertz CT molecular complexity index is 380. The number of carbonyl (C=O) groups excluding carboxylic acids is 1. The van der Waals surface area contributed by atoms with Crippen LogP contribution in [0.4, 0.5) is 0 Å². The van der Waals surface area contributed by atoms with E-state index in [1.165, 1.54) is 0 Å². The summed E-state index contributed by atoms with van der Waals surface area (Å²) in [5.41, 5.74) is 0. The van der Waals surface area contributed by atoms with Crippen LogP contribution in [0.1, 0.15) is 32.1 Å². The standard InChI is InChI=1S/C13H20N2O3S/c16-11(9-3-1-2-6-14-9)15-10(13(17)18)7-19-12(15)8-4-5-8/h8-10,12,14H,1-7H2,(H,17,18)/t9-,10?,12?/m0/s1. The lowest BCUT2D eigenvalue weighted by molar-refractivity contribution is -0.150. The quantitative estimate of drug-likeness (QED) is 0.805. The van der Waals surface area contributed by atoms with Gasteiger partial charge in [-0.1, -0.05) is 6.42 Å². The fourth-order valence-electron chi connectivity index (χ4n) is 2.98. The molecule has 2 aliphatic heterocycles. The smallest absolute Gasteiger partial charge is 0.327 e. The summed E-state index contributed by atoms with van der Waals surface area (Å²) in [5, 5.41) is 12.7. The van der Waals surface area contributed by atoms with Crippen molar-refractivity contribution in [2.45, 2.75) is 49.6 Å². The second-order valence-electron chi connectivity index (χ2n) is 5.66. The predicted octanol–water partition coefficient (Wildman–Crippen LogP) is 0.893. The van der Waals surface area contributed by atoms with Gasteiger partial charge in [-0.25, -0.2) is 4.79 Å². The van der Waals surface area contributed by atoms with Crippen molar-refractivity contribution in [2.75, 3.05) is 12.3 Å². The van der Waals surface area contributed by atoms with Gasteiger partial charge in [-0.2, -0.15) is 0 Å². The van der Waals surface area contributed by atoms with Crippen LogP contribution in [0, 0.1) is 5.92 Å². The molecule has 6 heteroatoms. The van der Waals surface area contributed by atoms with Crippen molar-refractivity contribution in [1.82, 2.24) is 10.2 Å². The van der Waals surface area contributed by atoms with Crippen molar-refractivity contribution in [3.05, 3.63) is 0 Å². The molecule has 0 aromatic rings. The van der Waals surface area contributed by atoms with Crippen LogP contribution in [0.3, 0.4) is 0 Å². The summed E-state index contributed by atoms with van der Waals surface area (Å²) in [6.07, 6.45) is 5.25. The van der Waals surface area contributed by atoms with Crippen LogP contribution in [0.25, 0.3) is 0 Å². The van der Waals surface area contributed by atoms with E-state index in [4.69, 9.17) is 0 Å². The van der Waals surface area contributed by atoms with Gasteiger partial charge >= 0.3 is 5.97 Å². The van der Waals surface area contributed by atoms with Crippen LogP contribution in [0.15, 0.2) is 0 Å². The van der Waals surface area contributed by atoms with Gasteiger partial charge in [-0.05, 0) is 38.1 Å². The van der Waals surface area contributed by atoms with E-state index in [9.17, 15) is 14.7 Å². The molecule has 2 saturated heterocycles. The average molecular weight is 284 g/mol. The molecule has 0 bridgehead atoms. The van der Waals surface area contributed by atoms with Crippen LogP contribution < -0.4 is 5.32 Å². The second-order valence-corrected chi connectivity index (χ2v) is 6.81. The van der Waals surface area contributed by atoms with E-state index in [1.807, 2.05) is 0 Å². The lowest BCUT2D eigenvalue weighted by atomic mass is 10.0. The molecule has 3 aliphatic rings. The molecule has 1 saturated carbocycles. The maximum absolute atomic E-state index is 12.6. The number of piperidine rings is 1. The summed E-state index contributed by atoms with van der Waals surface area (Å²) >= 11 is 1.65. The lowest BCUT2D eigenvalue weighted by Gasteiger charge is -2.33. The lowest BCUT2D eigenvalue weighted by Crippen LogP contribution is -2.54. The largest absolute Gasteiger partial charge is 0.480 e. The van der Waals surface area contributed by atoms with Gasteiger partial charge < -0.3 is 15.3 Å². The van der Waals surface area contributed by atoms with Crippen molar-refractivity contribution in [1.29, 1.82) is 0 Å². The monoisotopic (exact) mass is 284 g/mol. The molecule has 3 fully saturated rings. The number of carbonyl (C=O) groups is 2. The second kappa shape index (κ2) is 5.32. The Morgan fingerprint density at radius 3 is 2.58 bits per heavy atom. The van der Waals surface area contributed by atoms with Gasteiger partial charge in [0, 0.05) is 5.75 Å². The highest BCUT2D eigenvalue weighted by atomic mass is 32.2. The molecule has 5 nitrogen and oxygen atoms in total. The number of hydrogen-bond donors (Lipinski definition) is 2. The number of carboxylic acid groups (broad SMARTS) is 1. The first kappa shape index (κ1) is 13.2. The van der Waals surface area contributed by atoms with Gasteiger partial charge in [-0.3, -0.25) is 4.79 Å². The molecule has 2 unspecified atom stereocenters. The molecule has 2 heterocycles. The molecule has 106 valence electrons. The van der Waals surface area contributed by atoms with Crippen LogP contribution in [0.2, 0.25) is 0 Å². The summed E-state index contributed by atoms with van der Waals surface area (Å²) in [6.45, 7) is 0.864. The molecule has 0 aromatic carbocycles. The van der Waals surface area contributed by atoms with E-state index in [-0.39, 0.29) is 17.3 Å². The molecular formula is C13H20N2O3S. The highest BCUT2D eigenvalue weighted by Crippen LogP contribution is 2.45. The van der Waals surface area contributed by atoms with Crippen molar-refractivity contribution in [2.24, 2.45) is 5.92 Å². The third-order valence-corrected chi connectivity index (χ3v) is 5.67. The van der Waals surface area contributed by atoms with E-state index in [0.717, 1.165) is 38.6 Å². The zero-order valence-corrected chi connectivity index (χ0v) is 11.7.